The Morgan fingerprint density at radius 2 is 1.63 bits per heavy atom. The number of nitrogen functional groups attached to an aromatic ring is 1. The average Bonchev–Trinajstić information content (AvgIpc) is 2.33. The summed E-state index contributed by atoms with van der Waals surface area (Å²) in [4.78, 5) is 0. The number of aryl methyl sites for hydroxylation is 2. The monoisotopic (exact) mass is 274 g/mol. The predicted octanol–water partition coefficient (Wildman–Crippen LogP) is 4.03. The summed E-state index contributed by atoms with van der Waals surface area (Å²) in [6, 6.07) is 11.0. The molecule has 0 saturated heterocycles. The molecule has 0 unspecified atom stereocenters. The zero-order valence-corrected chi connectivity index (χ0v) is 11.6. The van der Waals surface area contributed by atoms with Gasteiger partial charge in [0.25, 0.3) is 0 Å². The van der Waals surface area contributed by atoms with Gasteiger partial charge in [-0.15, -0.1) is 0 Å². The number of rotatable bonds is 3. The summed E-state index contributed by atoms with van der Waals surface area (Å²) in [6.45, 7) is 3.83. The molecule has 0 amide bonds. The van der Waals surface area contributed by atoms with Crippen molar-refractivity contribution < 1.29 is 4.74 Å². The van der Waals surface area contributed by atoms with Gasteiger partial charge in [-0.3, -0.25) is 5.41 Å². The highest BCUT2D eigenvalue weighted by atomic mass is 35.5. The molecule has 0 aromatic heterocycles. The molecular formula is C15H15ClN2O. The smallest absolute Gasteiger partial charge is 0.127 e. The van der Waals surface area contributed by atoms with Crippen LogP contribution in [0, 0.1) is 19.3 Å². The highest BCUT2D eigenvalue weighted by Crippen LogP contribution is 2.27. The third-order valence-corrected chi connectivity index (χ3v) is 3.28. The lowest BCUT2D eigenvalue weighted by Crippen LogP contribution is -2.12. The molecule has 3 nitrogen and oxygen atoms in total. The van der Waals surface area contributed by atoms with Crippen LogP contribution in [0.4, 0.5) is 0 Å². The maximum Gasteiger partial charge on any atom is 0.127 e. The first-order valence-electron chi connectivity index (χ1n) is 5.86. The van der Waals surface area contributed by atoms with Gasteiger partial charge in [0.2, 0.25) is 0 Å². The van der Waals surface area contributed by atoms with E-state index in [2.05, 4.69) is 0 Å². The Labute approximate surface area is 117 Å². The molecule has 0 fully saturated rings. The average molecular weight is 275 g/mol. The Morgan fingerprint density at radius 1 is 1.05 bits per heavy atom. The second-order valence-electron chi connectivity index (χ2n) is 4.40. The van der Waals surface area contributed by atoms with E-state index in [0.29, 0.717) is 5.75 Å². The third kappa shape index (κ3) is 3.06. The summed E-state index contributed by atoms with van der Waals surface area (Å²) < 4.78 is 5.76. The van der Waals surface area contributed by atoms with Crippen molar-refractivity contribution in [2.75, 3.05) is 0 Å². The van der Waals surface area contributed by atoms with E-state index >= 15 is 0 Å². The molecule has 0 aliphatic heterocycles. The highest BCUT2D eigenvalue weighted by Gasteiger charge is 2.05. The number of halogens is 1. The molecule has 0 bridgehead atoms. The Balaban J connectivity index is 2.26. The first-order chi connectivity index (χ1) is 8.97. The SMILES string of the molecule is Cc1cc(Oc2ccc(C(=N)N)c(C)c2)ccc1Cl. The molecule has 0 atom stereocenters. The number of ether oxygens (including phenoxy) is 1. The van der Waals surface area contributed by atoms with Crippen LogP contribution in [-0.4, -0.2) is 5.84 Å². The van der Waals surface area contributed by atoms with E-state index in [1.165, 1.54) is 0 Å². The van der Waals surface area contributed by atoms with Gasteiger partial charge in [0.05, 0.1) is 0 Å². The van der Waals surface area contributed by atoms with E-state index in [4.69, 9.17) is 27.5 Å². The molecule has 2 aromatic carbocycles. The number of benzene rings is 2. The van der Waals surface area contributed by atoms with Crippen LogP contribution in [0.5, 0.6) is 11.5 Å². The summed E-state index contributed by atoms with van der Waals surface area (Å²) >= 11 is 5.97. The number of nitrogens with one attached hydrogen (secondary N) is 1. The van der Waals surface area contributed by atoms with Crippen LogP contribution >= 0.6 is 11.6 Å². The number of nitrogens with two attached hydrogens (primary N) is 1. The quantitative estimate of drug-likeness (QED) is 0.656. The van der Waals surface area contributed by atoms with Gasteiger partial charge >= 0.3 is 0 Å². The zero-order valence-electron chi connectivity index (χ0n) is 10.8. The van der Waals surface area contributed by atoms with E-state index in [9.17, 15) is 0 Å². The third-order valence-electron chi connectivity index (χ3n) is 2.85. The fourth-order valence-electron chi connectivity index (χ4n) is 1.82. The standard InChI is InChI=1S/C15H15ClN2O/c1-9-7-11(3-5-13(9)15(17)18)19-12-4-6-14(16)10(2)8-12/h3-8H,1-2H3,(H3,17,18). The van der Waals surface area contributed by atoms with E-state index in [1.54, 1.807) is 12.1 Å². The minimum Gasteiger partial charge on any atom is -0.457 e. The Morgan fingerprint density at radius 3 is 2.16 bits per heavy atom. The van der Waals surface area contributed by atoms with Crippen molar-refractivity contribution in [3.8, 4) is 11.5 Å². The van der Waals surface area contributed by atoms with Crippen molar-refractivity contribution in [2.24, 2.45) is 5.73 Å². The van der Waals surface area contributed by atoms with Gasteiger partial charge < -0.3 is 10.5 Å². The van der Waals surface area contributed by atoms with Crippen molar-refractivity contribution in [3.05, 3.63) is 58.1 Å². The van der Waals surface area contributed by atoms with Gasteiger partial charge in [-0.25, -0.2) is 0 Å². The lowest BCUT2D eigenvalue weighted by molar-refractivity contribution is 0.482. The van der Waals surface area contributed by atoms with Gasteiger partial charge in [-0.1, -0.05) is 11.6 Å². The first-order valence-corrected chi connectivity index (χ1v) is 6.24. The van der Waals surface area contributed by atoms with Crippen molar-refractivity contribution >= 4 is 17.4 Å². The van der Waals surface area contributed by atoms with Gasteiger partial charge in [-0.05, 0) is 61.4 Å². The fraction of sp³-hybridized carbons (Fsp3) is 0.133. The number of hydrogen-bond donors (Lipinski definition) is 2. The first kappa shape index (κ1) is 13.4. The maximum absolute atomic E-state index is 7.44. The van der Waals surface area contributed by atoms with Gasteiger partial charge in [0.1, 0.15) is 17.3 Å². The van der Waals surface area contributed by atoms with Crippen molar-refractivity contribution in [1.82, 2.24) is 0 Å². The highest BCUT2D eigenvalue weighted by molar-refractivity contribution is 6.31. The lowest BCUT2D eigenvalue weighted by atomic mass is 10.1. The number of amidine groups is 1. The van der Waals surface area contributed by atoms with Crippen LogP contribution < -0.4 is 10.5 Å². The summed E-state index contributed by atoms with van der Waals surface area (Å²) in [6.07, 6.45) is 0. The Hall–Kier alpha value is -2.00. The van der Waals surface area contributed by atoms with Crippen LogP contribution in [0.2, 0.25) is 5.02 Å². The minimum absolute atomic E-state index is 0.0615. The molecule has 0 heterocycles. The van der Waals surface area contributed by atoms with Crippen molar-refractivity contribution in [3.63, 3.8) is 0 Å². The molecular weight excluding hydrogens is 260 g/mol. The summed E-state index contributed by atoms with van der Waals surface area (Å²) in [5, 5.41) is 8.16. The molecule has 0 aliphatic carbocycles. The maximum atomic E-state index is 7.44. The second kappa shape index (κ2) is 5.33. The normalized spacial score (nSPS) is 10.3. The minimum atomic E-state index is 0.0615. The van der Waals surface area contributed by atoms with Crippen LogP contribution in [0.3, 0.4) is 0 Å². The van der Waals surface area contributed by atoms with E-state index in [0.717, 1.165) is 27.5 Å². The van der Waals surface area contributed by atoms with Crippen LogP contribution in [0.15, 0.2) is 36.4 Å². The molecule has 19 heavy (non-hydrogen) atoms. The molecule has 0 aliphatic rings. The summed E-state index contributed by atoms with van der Waals surface area (Å²) in [5.74, 6) is 1.51. The fourth-order valence-corrected chi connectivity index (χ4v) is 1.94. The Bertz CT molecular complexity index is 638. The molecule has 2 aromatic rings. The molecule has 2 rings (SSSR count). The van der Waals surface area contributed by atoms with Crippen LogP contribution in [0.25, 0.3) is 0 Å². The molecule has 4 heteroatoms. The zero-order chi connectivity index (χ0) is 14.0. The van der Waals surface area contributed by atoms with Crippen molar-refractivity contribution in [2.45, 2.75) is 13.8 Å². The van der Waals surface area contributed by atoms with Gasteiger partial charge in [0, 0.05) is 10.6 Å². The van der Waals surface area contributed by atoms with Crippen LogP contribution in [0.1, 0.15) is 16.7 Å². The topological polar surface area (TPSA) is 59.1 Å². The van der Waals surface area contributed by atoms with E-state index < -0.39 is 0 Å². The van der Waals surface area contributed by atoms with Crippen LogP contribution in [-0.2, 0) is 0 Å². The summed E-state index contributed by atoms with van der Waals surface area (Å²) in [5.41, 5.74) is 8.08. The van der Waals surface area contributed by atoms with Crippen molar-refractivity contribution in [1.29, 1.82) is 5.41 Å². The molecule has 98 valence electrons. The van der Waals surface area contributed by atoms with E-state index in [-0.39, 0.29) is 5.84 Å². The Kier molecular flexibility index (Phi) is 3.76. The van der Waals surface area contributed by atoms with E-state index in [1.807, 2.05) is 38.1 Å². The molecule has 0 saturated carbocycles. The molecule has 0 spiro atoms. The molecule has 3 N–H and O–H groups in total. The lowest BCUT2D eigenvalue weighted by Gasteiger charge is -2.10. The number of hydrogen-bond acceptors (Lipinski definition) is 2. The molecule has 0 radical (unpaired) electrons. The predicted molar refractivity (Wildman–Crippen MR) is 78.5 cm³/mol. The largest absolute Gasteiger partial charge is 0.457 e. The second-order valence-corrected chi connectivity index (χ2v) is 4.81. The summed E-state index contributed by atoms with van der Waals surface area (Å²) in [7, 11) is 0. The van der Waals surface area contributed by atoms with Gasteiger partial charge in [-0.2, -0.15) is 0 Å². The van der Waals surface area contributed by atoms with Gasteiger partial charge in [0.15, 0.2) is 0 Å².